The van der Waals surface area contributed by atoms with E-state index < -0.39 is 0 Å². The summed E-state index contributed by atoms with van der Waals surface area (Å²) in [6.07, 6.45) is 10.5. The topological polar surface area (TPSA) is 41.5 Å². The van der Waals surface area contributed by atoms with Gasteiger partial charge >= 0.3 is 0 Å². The molecule has 19 heavy (non-hydrogen) atoms. The van der Waals surface area contributed by atoms with Crippen LogP contribution >= 0.6 is 0 Å². The molecule has 0 bridgehead atoms. The third kappa shape index (κ3) is 2.57. The average Bonchev–Trinajstić information content (AvgIpc) is 2.40. The van der Waals surface area contributed by atoms with Gasteiger partial charge in [-0.25, -0.2) is 0 Å². The van der Waals surface area contributed by atoms with E-state index in [0.717, 1.165) is 26.0 Å². The lowest BCUT2D eigenvalue weighted by atomic mass is 9.55. The van der Waals surface area contributed by atoms with E-state index in [1.807, 2.05) is 0 Å². The smallest absolute Gasteiger partial charge is 0.0661 e. The molecule has 0 heterocycles. The van der Waals surface area contributed by atoms with Crippen molar-refractivity contribution in [1.82, 2.24) is 5.32 Å². The van der Waals surface area contributed by atoms with Crippen LogP contribution in [0.5, 0.6) is 0 Å². The van der Waals surface area contributed by atoms with E-state index in [9.17, 15) is 5.11 Å². The molecule has 110 valence electrons. The van der Waals surface area contributed by atoms with Gasteiger partial charge in [0.1, 0.15) is 0 Å². The molecule has 2 unspecified atom stereocenters. The van der Waals surface area contributed by atoms with Crippen molar-refractivity contribution in [1.29, 1.82) is 0 Å². The molecule has 3 aliphatic carbocycles. The van der Waals surface area contributed by atoms with E-state index in [1.165, 1.54) is 38.5 Å². The van der Waals surface area contributed by atoms with Crippen molar-refractivity contribution in [3.05, 3.63) is 0 Å². The molecule has 3 rings (SSSR count). The number of rotatable bonds is 5. The normalized spacial score (nSPS) is 40.7. The fourth-order valence-electron chi connectivity index (χ4n) is 4.53. The van der Waals surface area contributed by atoms with Crippen molar-refractivity contribution < 1.29 is 9.84 Å². The Morgan fingerprint density at radius 3 is 2.53 bits per heavy atom. The van der Waals surface area contributed by atoms with E-state index >= 15 is 0 Å². The maximum atomic E-state index is 9.36. The molecule has 3 saturated carbocycles. The van der Waals surface area contributed by atoms with Crippen LogP contribution < -0.4 is 5.32 Å². The molecular weight excluding hydrogens is 238 g/mol. The Kier molecular flexibility index (Phi) is 4.16. The highest BCUT2D eigenvalue weighted by Crippen LogP contribution is 2.53. The molecule has 3 nitrogen and oxygen atoms in total. The maximum Gasteiger partial charge on any atom is 0.0661 e. The largest absolute Gasteiger partial charge is 0.393 e. The van der Waals surface area contributed by atoms with Crippen molar-refractivity contribution in [2.24, 2.45) is 11.3 Å². The van der Waals surface area contributed by atoms with Gasteiger partial charge in [-0.1, -0.05) is 19.3 Å². The molecule has 0 aromatic carbocycles. The lowest BCUT2D eigenvalue weighted by Crippen LogP contribution is -2.65. The Bertz CT molecular complexity index is 295. The standard InChI is InChI=1S/C16H29NO2/c1-2-19-15-10-14(16(15)6-4-3-5-7-16)17-11-12-8-13(18)9-12/h12-15,17-18H,2-11H2,1H3. The summed E-state index contributed by atoms with van der Waals surface area (Å²) < 4.78 is 5.99. The van der Waals surface area contributed by atoms with Gasteiger partial charge in [-0.05, 0) is 51.5 Å². The van der Waals surface area contributed by atoms with Crippen molar-refractivity contribution in [2.45, 2.75) is 76.5 Å². The third-order valence-electron chi connectivity index (χ3n) is 5.80. The second kappa shape index (κ2) is 5.71. The predicted octanol–water partition coefficient (Wildman–Crippen LogP) is 2.47. The summed E-state index contributed by atoms with van der Waals surface area (Å²) >= 11 is 0. The summed E-state index contributed by atoms with van der Waals surface area (Å²) in [6.45, 7) is 4.07. The summed E-state index contributed by atoms with van der Waals surface area (Å²) in [6, 6.07) is 0.669. The van der Waals surface area contributed by atoms with Gasteiger partial charge in [0.2, 0.25) is 0 Å². The second-order valence-electron chi connectivity index (χ2n) is 6.93. The Balaban J connectivity index is 1.52. The van der Waals surface area contributed by atoms with E-state index in [4.69, 9.17) is 4.74 Å². The number of ether oxygens (including phenoxy) is 1. The third-order valence-corrected chi connectivity index (χ3v) is 5.80. The Hall–Kier alpha value is -0.120. The Morgan fingerprint density at radius 2 is 1.89 bits per heavy atom. The number of nitrogens with one attached hydrogen (secondary N) is 1. The second-order valence-corrected chi connectivity index (χ2v) is 6.93. The lowest BCUT2D eigenvalue weighted by Gasteiger charge is -2.58. The van der Waals surface area contributed by atoms with Crippen LogP contribution in [0.15, 0.2) is 0 Å². The quantitative estimate of drug-likeness (QED) is 0.804. The van der Waals surface area contributed by atoms with E-state index in [2.05, 4.69) is 12.2 Å². The van der Waals surface area contributed by atoms with Crippen LogP contribution in [0.2, 0.25) is 0 Å². The minimum atomic E-state index is -0.0204. The van der Waals surface area contributed by atoms with Crippen LogP contribution in [0.4, 0.5) is 0 Å². The van der Waals surface area contributed by atoms with E-state index in [1.54, 1.807) is 0 Å². The molecular formula is C16H29NO2. The first-order valence-electron chi connectivity index (χ1n) is 8.27. The van der Waals surface area contributed by atoms with Crippen LogP contribution in [0.3, 0.4) is 0 Å². The van der Waals surface area contributed by atoms with E-state index in [0.29, 0.717) is 23.5 Å². The molecule has 3 fully saturated rings. The SMILES string of the molecule is CCOC1CC(NCC2CC(O)C2)C12CCCCC2. The number of aliphatic hydroxyl groups is 1. The molecule has 0 aliphatic heterocycles. The Labute approximate surface area is 117 Å². The van der Waals surface area contributed by atoms with Gasteiger partial charge in [0, 0.05) is 18.1 Å². The molecule has 0 radical (unpaired) electrons. The summed E-state index contributed by atoms with van der Waals surface area (Å²) in [4.78, 5) is 0. The number of hydrogen-bond acceptors (Lipinski definition) is 3. The monoisotopic (exact) mass is 267 g/mol. The fraction of sp³-hybridized carbons (Fsp3) is 1.00. The molecule has 2 N–H and O–H groups in total. The van der Waals surface area contributed by atoms with Gasteiger partial charge in [-0.15, -0.1) is 0 Å². The van der Waals surface area contributed by atoms with Crippen LogP contribution in [-0.4, -0.2) is 36.5 Å². The highest BCUT2D eigenvalue weighted by atomic mass is 16.5. The van der Waals surface area contributed by atoms with Crippen molar-refractivity contribution in [3.63, 3.8) is 0 Å². The van der Waals surface area contributed by atoms with Gasteiger partial charge < -0.3 is 15.2 Å². The first-order chi connectivity index (χ1) is 9.24. The first-order valence-corrected chi connectivity index (χ1v) is 8.27. The fourth-order valence-corrected chi connectivity index (χ4v) is 4.53. The van der Waals surface area contributed by atoms with Crippen molar-refractivity contribution in [2.75, 3.05) is 13.2 Å². The van der Waals surface area contributed by atoms with Crippen LogP contribution in [0, 0.1) is 11.3 Å². The van der Waals surface area contributed by atoms with Crippen molar-refractivity contribution >= 4 is 0 Å². The first kappa shape index (κ1) is 13.8. The number of hydrogen-bond donors (Lipinski definition) is 2. The minimum absolute atomic E-state index is 0.0204. The van der Waals surface area contributed by atoms with Gasteiger partial charge in [-0.3, -0.25) is 0 Å². The average molecular weight is 267 g/mol. The summed E-state index contributed by atoms with van der Waals surface area (Å²) in [5.41, 5.74) is 0.441. The van der Waals surface area contributed by atoms with Gasteiger partial charge in [-0.2, -0.15) is 0 Å². The highest BCUT2D eigenvalue weighted by Gasteiger charge is 2.55. The Morgan fingerprint density at radius 1 is 1.16 bits per heavy atom. The number of aliphatic hydroxyl groups excluding tert-OH is 1. The predicted molar refractivity (Wildman–Crippen MR) is 76.1 cm³/mol. The molecule has 0 saturated heterocycles. The van der Waals surface area contributed by atoms with E-state index in [-0.39, 0.29) is 6.10 Å². The van der Waals surface area contributed by atoms with Crippen LogP contribution in [-0.2, 0) is 4.74 Å². The zero-order valence-corrected chi connectivity index (χ0v) is 12.2. The van der Waals surface area contributed by atoms with Gasteiger partial charge in [0.15, 0.2) is 0 Å². The molecule has 1 spiro atoms. The summed E-state index contributed by atoms with van der Waals surface area (Å²) in [5.74, 6) is 0.710. The van der Waals surface area contributed by atoms with Gasteiger partial charge in [0.25, 0.3) is 0 Å². The summed E-state index contributed by atoms with van der Waals surface area (Å²) in [7, 11) is 0. The molecule has 3 heteroatoms. The van der Waals surface area contributed by atoms with Crippen molar-refractivity contribution in [3.8, 4) is 0 Å². The zero-order chi connectivity index (χ0) is 13.3. The minimum Gasteiger partial charge on any atom is -0.393 e. The molecule has 0 amide bonds. The van der Waals surface area contributed by atoms with Gasteiger partial charge in [0.05, 0.1) is 12.2 Å². The van der Waals surface area contributed by atoms with Crippen LogP contribution in [0.25, 0.3) is 0 Å². The zero-order valence-electron chi connectivity index (χ0n) is 12.2. The van der Waals surface area contributed by atoms with Crippen LogP contribution in [0.1, 0.15) is 58.3 Å². The molecule has 0 aromatic rings. The summed E-state index contributed by atoms with van der Waals surface area (Å²) in [5, 5.41) is 13.2. The lowest BCUT2D eigenvalue weighted by molar-refractivity contribution is -0.151. The molecule has 2 atom stereocenters. The molecule has 0 aromatic heterocycles. The maximum absolute atomic E-state index is 9.36. The molecule has 3 aliphatic rings. The highest BCUT2D eigenvalue weighted by molar-refractivity contribution is 5.09.